The predicted molar refractivity (Wildman–Crippen MR) is 44.1 cm³/mol. The Balaban J connectivity index is 2.27. The van der Waals surface area contributed by atoms with Crippen LogP contribution in [-0.4, -0.2) is 25.7 Å². The van der Waals surface area contributed by atoms with Crippen molar-refractivity contribution in [2.75, 3.05) is 19.6 Å². The molecule has 1 aliphatic rings. The molecule has 1 fully saturated rings. The van der Waals surface area contributed by atoms with E-state index < -0.39 is 0 Å². The monoisotopic (exact) mass is 142 g/mol. The van der Waals surface area contributed by atoms with Crippen LogP contribution in [0, 0.1) is 5.92 Å². The molecule has 0 bridgehead atoms. The largest absolute Gasteiger partial charge is 0.315 e. The molecule has 10 heavy (non-hydrogen) atoms. The maximum atomic E-state index is 3.48. The van der Waals surface area contributed by atoms with Gasteiger partial charge in [0, 0.05) is 12.6 Å². The lowest BCUT2D eigenvalue weighted by molar-refractivity contribution is 0.425. The van der Waals surface area contributed by atoms with Crippen molar-refractivity contribution in [2.45, 2.75) is 26.3 Å². The first-order valence-electron chi connectivity index (χ1n) is 4.32. The van der Waals surface area contributed by atoms with Crippen LogP contribution in [0.2, 0.25) is 0 Å². The molecule has 0 aromatic rings. The molecule has 1 rings (SSSR count). The predicted octanol–water partition coefficient (Wildman–Crippen LogP) is 0.594. The molecule has 60 valence electrons. The summed E-state index contributed by atoms with van der Waals surface area (Å²) in [6, 6.07) is 0.731. The maximum Gasteiger partial charge on any atom is 0.0232 e. The van der Waals surface area contributed by atoms with Crippen molar-refractivity contribution in [2.24, 2.45) is 5.92 Å². The lowest BCUT2D eigenvalue weighted by atomic mass is 10.0. The molecule has 2 N–H and O–H groups in total. The van der Waals surface area contributed by atoms with Gasteiger partial charge in [0.25, 0.3) is 0 Å². The number of hydrogen-bond donors (Lipinski definition) is 2. The van der Waals surface area contributed by atoms with Crippen LogP contribution < -0.4 is 10.6 Å². The number of nitrogens with one attached hydrogen (secondary N) is 2. The van der Waals surface area contributed by atoms with Gasteiger partial charge in [0.1, 0.15) is 0 Å². The van der Waals surface area contributed by atoms with Crippen LogP contribution in [0.5, 0.6) is 0 Å². The molecule has 1 saturated heterocycles. The zero-order chi connectivity index (χ0) is 7.40. The number of hydrogen-bond acceptors (Lipinski definition) is 2. The van der Waals surface area contributed by atoms with Gasteiger partial charge in [-0.25, -0.2) is 0 Å². The Morgan fingerprint density at radius 3 is 2.80 bits per heavy atom. The third-order valence-corrected chi connectivity index (χ3v) is 2.33. The van der Waals surface area contributed by atoms with Crippen molar-refractivity contribution in [1.29, 1.82) is 0 Å². The molecular formula is C8H18N2. The Morgan fingerprint density at radius 2 is 2.20 bits per heavy atom. The van der Waals surface area contributed by atoms with Gasteiger partial charge in [-0.1, -0.05) is 20.3 Å². The van der Waals surface area contributed by atoms with Crippen LogP contribution in [0.3, 0.4) is 0 Å². The molecule has 0 aromatic carbocycles. The van der Waals surface area contributed by atoms with Crippen LogP contribution in [-0.2, 0) is 0 Å². The van der Waals surface area contributed by atoms with Crippen LogP contribution in [0.25, 0.3) is 0 Å². The van der Waals surface area contributed by atoms with Crippen LogP contribution in [0.4, 0.5) is 0 Å². The normalized spacial score (nSPS) is 33.0. The summed E-state index contributed by atoms with van der Waals surface area (Å²) in [5.41, 5.74) is 0. The van der Waals surface area contributed by atoms with Crippen molar-refractivity contribution in [3.8, 4) is 0 Å². The van der Waals surface area contributed by atoms with Gasteiger partial charge in [-0.15, -0.1) is 0 Å². The zero-order valence-electron chi connectivity index (χ0n) is 6.98. The summed E-state index contributed by atoms with van der Waals surface area (Å²) in [6.07, 6.45) is 1.30. The highest BCUT2D eigenvalue weighted by Gasteiger charge is 2.23. The van der Waals surface area contributed by atoms with Gasteiger partial charge in [0.15, 0.2) is 0 Å². The summed E-state index contributed by atoms with van der Waals surface area (Å²) in [6.45, 7) is 7.90. The highest BCUT2D eigenvalue weighted by Crippen LogP contribution is 2.11. The zero-order valence-corrected chi connectivity index (χ0v) is 6.98. The lowest BCUT2D eigenvalue weighted by Gasteiger charge is -2.16. The van der Waals surface area contributed by atoms with Crippen LogP contribution in [0.1, 0.15) is 20.3 Å². The van der Waals surface area contributed by atoms with E-state index in [-0.39, 0.29) is 0 Å². The van der Waals surface area contributed by atoms with Crippen molar-refractivity contribution in [3.63, 3.8) is 0 Å². The van der Waals surface area contributed by atoms with Gasteiger partial charge in [0.05, 0.1) is 0 Å². The van der Waals surface area contributed by atoms with E-state index >= 15 is 0 Å². The minimum absolute atomic E-state index is 0.731. The fourth-order valence-corrected chi connectivity index (χ4v) is 1.66. The van der Waals surface area contributed by atoms with Crippen LogP contribution >= 0.6 is 0 Å². The Hall–Kier alpha value is -0.0800. The van der Waals surface area contributed by atoms with E-state index in [4.69, 9.17) is 0 Å². The first kappa shape index (κ1) is 8.02. The highest BCUT2D eigenvalue weighted by molar-refractivity contribution is 4.85. The van der Waals surface area contributed by atoms with Gasteiger partial charge in [-0.3, -0.25) is 0 Å². The molecule has 2 nitrogen and oxygen atoms in total. The Bertz CT molecular complexity index is 93.3. The SMILES string of the molecule is CCN[C@H]1CNC[C@H]1CC. The molecule has 0 unspecified atom stereocenters. The molecule has 0 amide bonds. The quantitative estimate of drug-likeness (QED) is 0.603. The molecule has 0 aliphatic carbocycles. The number of rotatable bonds is 3. The molecular weight excluding hydrogens is 124 g/mol. The van der Waals surface area contributed by atoms with E-state index in [1.807, 2.05) is 0 Å². The highest BCUT2D eigenvalue weighted by atomic mass is 15.0. The van der Waals surface area contributed by atoms with E-state index in [2.05, 4.69) is 24.5 Å². The average molecular weight is 142 g/mol. The molecule has 2 heteroatoms. The van der Waals surface area contributed by atoms with E-state index in [1.165, 1.54) is 13.0 Å². The lowest BCUT2D eigenvalue weighted by Crippen LogP contribution is -2.35. The van der Waals surface area contributed by atoms with Gasteiger partial charge >= 0.3 is 0 Å². The molecule has 0 radical (unpaired) electrons. The van der Waals surface area contributed by atoms with E-state index in [0.717, 1.165) is 25.0 Å². The minimum atomic E-state index is 0.731. The molecule has 2 atom stereocenters. The van der Waals surface area contributed by atoms with E-state index in [9.17, 15) is 0 Å². The topological polar surface area (TPSA) is 24.1 Å². The fraction of sp³-hybridized carbons (Fsp3) is 1.00. The Morgan fingerprint density at radius 1 is 1.40 bits per heavy atom. The second-order valence-electron chi connectivity index (χ2n) is 2.99. The molecule has 0 aromatic heterocycles. The Labute approximate surface area is 63.4 Å². The van der Waals surface area contributed by atoms with Gasteiger partial charge in [-0.05, 0) is 19.0 Å². The summed E-state index contributed by atoms with van der Waals surface area (Å²) in [4.78, 5) is 0. The summed E-state index contributed by atoms with van der Waals surface area (Å²) < 4.78 is 0. The summed E-state index contributed by atoms with van der Waals surface area (Å²) in [7, 11) is 0. The van der Waals surface area contributed by atoms with Gasteiger partial charge < -0.3 is 10.6 Å². The fourth-order valence-electron chi connectivity index (χ4n) is 1.66. The Kier molecular flexibility index (Phi) is 3.16. The third kappa shape index (κ3) is 1.70. The molecule has 0 spiro atoms. The smallest absolute Gasteiger partial charge is 0.0232 e. The molecule has 1 aliphatic heterocycles. The van der Waals surface area contributed by atoms with Crippen molar-refractivity contribution in [3.05, 3.63) is 0 Å². The summed E-state index contributed by atoms with van der Waals surface area (Å²) in [5.74, 6) is 0.861. The second-order valence-corrected chi connectivity index (χ2v) is 2.99. The minimum Gasteiger partial charge on any atom is -0.315 e. The van der Waals surface area contributed by atoms with E-state index in [1.54, 1.807) is 0 Å². The van der Waals surface area contributed by atoms with Gasteiger partial charge in [0.2, 0.25) is 0 Å². The maximum absolute atomic E-state index is 3.48. The average Bonchev–Trinajstić information content (AvgIpc) is 2.36. The van der Waals surface area contributed by atoms with Crippen molar-refractivity contribution in [1.82, 2.24) is 10.6 Å². The van der Waals surface area contributed by atoms with Crippen molar-refractivity contribution < 1.29 is 0 Å². The summed E-state index contributed by atoms with van der Waals surface area (Å²) in [5, 5.41) is 6.88. The first-order chi connectivity index (χ1) is 4.88. The number of likely N-dealkylation sites (N-methyl/N-ethyl adjacent to an activating group) is 1. The van der Waals surface area contributed by atoms with Crippen molar-refractivity contribution >= 4 is 0 Å². The van der Waals surface area contributed by atoms with Crippen LogP contribution in [0.15, 0.2) is 0 Å². The standard InChI is InChI=1S/C8H18N2/c1-3-7-5-9-6-8(7)10-4-2/h7-10H,3-6H2,1-2H3/t7-,8+/m1/s1. The van der Waals surface area contributed by atoms with E-state index in [0.29, 0.717) is 0 Å². The second kappa shape index (κ2) is 3.94. The third-order valence-electron chi connectivity index (χ3n) is 2.33. The molecule has 1 heterocycles. The first-order valence-corrected chi connectivity index (χ1v) is 4.32. The summed E-state index contributed by atoms with van der Waals surface area (Å²) >= 11 is 0. The van der Waals surface area contributed by atoms with Gasteiger partial charge in [-0.2, -0.15) is 0 Å². The molecule has 0 saturated carbocycles.